The van der Waals surface area contributed by atoms with Crippen LogP contribution in [0.15, 0.2) is 0 Å². The maximum absolute atomic E-state index is 11.6. The predicted octanol–water partition coefficient (Wildman–Crippen LogP) is -0.156. The predicted molar refractivity (Wildman–Crippen MR) is 56.6 cm³/mol. The molecule has 1 heterocycles. The van der Waals surface area contributed by atoms with Crippen LogP contribution in [-0.2, 0) is 9.53 Å². The molecule has 0 aromatic rings. The first kappa shape index (κ1) is 12.8. The first-order chi connectivity index (χ1) is 7.56. The van der Waals surface area contributed by atoms with E-state index in [4.69, 9.17) is 10.5 Å². The van der Waals surface area contributed by atoms with Crippen LogP contribution in [0.2, 0.25) is 0 Å². The average molecular weight is 230 g/mol. The molecule has 0 spiro atoms. The Balaban J connectivity index is 2.50. The molecule has 0 radical (unpaired) electrons. The van der Waals surface area contributed by atoms with Crippen LogP contribution in [0, 0.1) is 0 Å². The van der Waals surface area contributed by atoms with E-state index in [1.807, 2.05) is 6.92 Å². The van der Waals surface area contributed by atoms with Crippen LogP contribution in [0.1, 0.15) is 26.2 Å². The molecule has 92 valence electrons. The first-order valence-corrected chi connectivity index (χ1v) is 5.47. The van der Waals surface area contributed by atoms with E-state index in [1.54, 1.807) is 0 Å². The van der Waals surface area contributed by atoms with Gasteiger partial charge in [0.05, 0.1) is 19.3 Å². The molecule has 16 heavy (non-hydrogen) atoms. The van der Waals surface area contributed by atoms with Gasteiger partial charge >= 0.3 is 6.09 Å². The number of hydrogen-bond acceptors (Lipinski definition) is 4. The molecule has 0 aromatic heterocycles. The van der Waals surface area contributed by atoms with Crippen molar-refractivity contribution < 1.29 is 19.4 Å². The topological polar surface area (TPSA) is 92.9 Å². The second kappa shape index (κ2) is 5.69. The fourth-order valence-electron chi connectivity index (χ4n) is 1.67. The largest absolute Gasteiger partial charge is 0.449 e. The van der Waals surface area contributed by atoms with Gasteiger partial charge in [-0.05, 0) is 6.42 Å². The van der Waals surface area contributed by atoms with E-state index in [9.17, 15) is 14.7 Å². The quantitative estimate of drug-likeness (QED) is 0.656. The number of rotatable bonds is 4. The summed E-state index contributed by atoms with van der Waals surface area (Å²) in [7, 11) is 0. The van der Waals surface area contributed by atoms with Crippen molar-refractivity contribution in [2.24, 2.45) is 5.73 Å². The number of amides is 2. The lowest BCUT2D eigenvalue weighted by atomic mass is 10.2. The summed E-state index contributed by atoms with van der Waals surface area (Å²) in [6, 6.07) is -0.746. The molecule has 0 saturated carbocycles. The molecule has 1 saturated heterocycles. The molecule has 1 fully saturated rings. The Morgan fingerprint density at radius 2 is 2.25 bits per heavy atom. The van der Waals surface area contributed by atoms with Crippen LogP contribution >= 0.6 is 0 Å². The number of β-amino-alcohol motifs (C(OH)–C–C–N with tert-alkyl or cyclic N) is 1. The van der Waals surface area contributed by atoms with Crippen molar-refractivity contribution in [3.05, 3.63) is 0 Å². The maximum atomic E-state index is 11.6. The van der Waals surface area contributed by atoms with Gasteiger partial charge in [0.25, 0.3) is 0 Å². The monoisotopic (exact) mass is 230 g/mol. The Morgan fingerprint density at radius 3 is 2.81 bits per heavy atom. The third-order valence-corrected chi connectivity index (χ3v) is 2.57. The van der Waals surface area contributed by atoms with Crippen molar-refractivity contribution in [1.29, 1.82) is 0 Å². The molecule has 6 nitrogen and oxygen atoms in total. The Bertz CT molecular complexity index is 270. The van der Waals surface area contributed by atoms with Crippen LogP contribution in [0.25, 0.3) is 0 Å². The molecule has 2 atom stereocenters. The summed E-state index contributed by atoms with van der Waals surface area (Å²) in [6.45, 7) is 2.42. The van der Waals surface area contributed by atoms with E-state index in [2.05, 4.69) is 0 Å². The summed E-state index contributed by atoms with van der Waals surface area (Å²) in [5, 5.41) is 9.38. The number of aliphatic hydroxyl groups excluding tert-OH is 1. The molecule has 2 amide bonds. The van der Waals surface area contributed by atoms with Crippen LogP contribution < -0.4 is 5.73 Å². The zero-order chi connectivity index (χ0) is 12.1. The van der Waals surface area contributed by atoms with Gasteiger partial charge in [-0.15, -0.1) is 0 Å². The van der Waals surface area contributed by atoms with Gasteiger partial charge < -0.3 is 15.6 Å². The number of likely N-dealkylation sites (tertiary alicyclic amines) is 1. The lowest BCUT2D eigenvalue weighted by Gasteiger charge is -2.20. The summed E-state index contributed by atoms with van der Waals surface area (Å²) in [5.41, 5.74) is 5.14. The fourth-order valence-corrected chi connectivity index (χ4v) is 1.67. The molecule has 1 aliphatic rings. The van der Waals surface area contributed by atoms with Gasteiger partial charge in [-0.3, -0.25) is 9.69 Å². The number of unbranched alkanes of at least 4 members (excludes halogenated alkanes) is 1. The summed E-state index contributed by atoms with van der Waals surface area (Å²) in [6.07, 6.45) is 0.626. The van der Waals surface area contributed by atoms with Gasteiger partial charge in [0.2, 0.25) is 5.91 Å². The van der Waals surface area contributed by atoms with Crippen LogP contribution in [0.3, 0.4) is 0 Å². The lowest BCUT2D eigenvalue weighted by molar-refractivity contribution is -0.122. The number of hydrogen-bond donors (Lipinski definition) is 2. The second-order valence-electron chi connectivity index (χ2n) is 3.93. The van der Waals surface area contributed by atoms with Crippen molar-refractivity contribution in [1.82, 2.24) is 4.90 Å². The van der Waals surface area contributed by atoms with Gasteiger partial charge in [-0.1, -0.05) is 13.3 Å². The zero-order valence-corrected chi connectivity index (χ0v) is 9.39. The molecule has 1 rings (SSSR count). The highest BCUT2D eigenvalue weighted by atomic mass is 16.6. The highest BCUT2D eigenvalue weighted by molar-refractivity contribution is 5.85. The SMILES string of the molecule is CCCCOC(=O)N1C[C@H](O)C[C@H]1C(N)=O. The summed E-state index contributed by atoms with van der Waals surface area (Å²) >= 11 is 0. The highest BCUT2D eigenvalue weighted by Crippen LogP contribution is 2.18. The molecular weight excluding hydrogens is 212 g/mol. The van der Waals surface area contributed by atoms with Crippen molar-refractivity contribution in [2.45, 2.75) is 38.3 Å². The highest BCUT2D eigenvalue weighted by Gasteiger charge is 2.38. The van der Waals surface area contributed by atoms with E-state index in [0.717, 1.165) is 12.8 Å². The van der Waals surface area contributed by atoms with E-state index < -0.39 is 24.1 Å². The van der Waals surface area contributed by atoms with E-state index >= 15 is 0 Å². The summed E-state index contributed by atoms with van der Waals surface area (Å²) < 4.78 is 4.96. The minimum absolute atomic E-state index is 0.110. The molecular formula is C10H18N2O4. The Morgan fingerprint density at radius 1 is 1.56 bits per heavy atom. The fraction of sp³-hybridized carbons (Fsp3) is 0.800. The number of nitrogens with zero attached hydrogens (tertiary/aromatic N) is 1. The van der Waals surface area contributed by atoms with E-state index in [0.29, 0.717) is 6.61 Å². The zero-order valence-electron chi connectivity index (χ0n) is 9.39. The number of primary amides is 1. The smallest absolute Gasteiger partial charge is 0.410 e. The number of ether oxygens (including phenoxy) is 1. The van der Waals surface area contributed by atoms with Crippen molar-refractivity contribution >= 4 is 12.0 Å². The first-order valence-electron chi connectivity index (χ1n) is 5.47. The Kier molecular flexibility index (Phi) is 4.54. The third-order valence-electron chi connectivity index (χ3n) is 2.57. The standard InChI is InChI=1S/C10H18N2O4/c1-2-3-4-16-10(15)12-6-7(13)5-8(12)9(11)14/h7-8,13H,2-6H2,1H3,(H2,11,14)/t7-,8+/m1/s1. The molecule has 0 unspecified atom stereocenters. The minimum Gasteiger partial charge on any atom is -0.449 e. The molecule has 6 heteroatoms. The third kappa shape index (κ3) is 3.10. The number of aliphatic hydroxyl groups is 1. The Labute approximate surface area is 94.3 Å². The van der Waals surface area contributed by atoms with Gasteiger partial charge in [-0.25, -0.2) is 4.79 Å². The molecule has 3 N–H and O–H groups in total. The molecule has 0 aromatic carbocycles. The number of nitrogens with two attached hydrogens (primary N) is 1. The van der Waals surface area contributed by atoms with Crippen molar-refractivity contribution in [3.8, 4) is 0 Å². The summed E-state index contributed by atoms with van der Waals surface area (Å²) in [4.78, 5) is 23.8. The van der Waals surface area contributed by atoms with Gasteiger partial charge in [0.15, 0.2) is 0 Å². The lowest BCUT2D eigenvalue weighted by Crippen LogP contribution is -2.44. The van der Waals surface area contributed by atoms with Crippen LogP contribution in [-0.4, -0.2) is 47.3 Å². The normalized spacial score (nSPS) is 24.5. The molecule has 0 aliphatic carbocycles. The van der Waals surface area contributed by atoms with Gasteiger partial charge in [0, 0.05) is 6.42 Å². The van der Waals surface area contributed by atoms with Gasteiger partial charge in [-0.2, -0.15) is 0 Å². The average Bonchev–Trinajstić information content (AvgIpc) is 2.61. The van der Waals surface area contributed by atoms with Crippen LogP contribution in [0.4, 0.5) is 4.79 Å². The minimum atomic E-state index is -0.746. The van der Waals surface area contributed by atoms with Gasteiger partial charge in [0.1, 0.15) is 6.04 Å². The van der Waals surface area contributed by atoms with Crippen molar-refractivity contribution in [3.63, 3.8) is 0 Å². The number of carbonyl (C=O) groups is 2. The molecule has 0 bridgehead atoms. The number of carbonyl (C=O) groups excluding carboxylic acids is 2. The summed E-state index contributed by atoms with van der Waals surface area (Å²) in [5.74, 6) is -0.607. The van der Waals surface area contributed by atoms with Crippen LogP contribution in [0.5, 0.6) is 0 Å². The Hall–Kier alpha value is -1.30. The van der Waals surface area contributed by atoms with E-state index in [-0.39, 0.29) is 13.0 Å². The van der Waals surface area contributed by atoms with Crippen molar-refractivity contribution in [2.75, 3.05) is 13.2 Å². The second-order valence-corrected chi connectivity index (χ2v) is 3.93. The molecule has 1 aliphatic heterocycles. The maximum Gasteiger partial charge on any atom is 0.410 e. The van der Waals surface area contributed by atoms with E-state index in [1.165, 1.54) is 4.90 Å².